The van der Waals surface area contributed by atoms with Crippen molar-refractivity contribution in [3.05, 3.63) is 53.9 Å². The first-order chi connectivity index (χ1) is 15.9. The van der Waals surface area contributed by atoms with E-state index in [0.717, 1.165) is 22.3 Å². The summed E-state index contributed by atoms with van der Waals surface area (Å²) in [7, 11) is 0. The molecule has 168 valence electrons. The molecule has 0 aliphatic heterocycles. The van der Waals surface area contributed by atoms with Gasteiger partial charge in [-0.1, -0.05) is 11.6 Å². The van der Waals surface area contributed by atoms with Crippen molar-refractivity contribution in [3.63, 3.8) is 0 Å². The molecule has 0 saturated heterocycles. The summed E-state index contributed by atoms with van der Waals surface area (Å²) in [6.07, 6.45) is 7.66. The molecule has 0 atom stereocenters. The summed E-state index contributed by atoms with van der Waals surface area (Å²) in [5.74, 6) is 0.475. The van der Waals surface area contributed by atoms with Gasteiger partial charge in [-0.15, -0.1) is 0 Å². The molecular weight excluding hydrogens is 442 g/mol. The van der Waals surface area contributed by atoms with Crippen LogP contribution in [0, 0.1) is 5.41 Å². The first kappa shape index (κ1) is 21.3. The molecule has 0 aromatic carbocycles. The molecule has 0 spiro atoms. The van der Waals surface area contributed by atoms with E-state index in [0.29, 0.717) is 48.1 Å². The molecule has 4 aromatic heterocycles. The zero-order valence-electron chi connectivity index (χ0n) is 18.0. The van der Waals surface area contributed by atoms with Crippen molar-refractivity contribution in [2.75, 3.05) is 0 Å². The van der Waals surface area contributed by atoms with E-state index in [1.54, 1.807) is 31.6 Å². The van der Waals surface area contributed by atoms with E-state index in [1.807, 2.05) is 24.3 Å². The van der Waals surface area contributed by atoms with Gasteiger partial charge in [0.1, 0.15) is 11.9 Å². The monoisotopic (exact) mass is 463 g/mol. The lowest BCUT2D eigenvalue weighted by Gasteiger charge is -2.33. The Bertz CT molecular complexity index is 1300. The summed E-state index contributed by atoms with van der Waals surface area (Å²) in [6, 6.07) is 9.38. The van der Waals surface area contributed by atoms with Crippen LogP contribution in [0.25, 0.3) is 33.8 Å². The van der Waals surface area contributed by atoms with Gasteiger partial charge in [-0.05, 0) is 56.9 Å². The van der Waals surface area contributed by atoms with Gasteiger partial charge in [-0.25, -0.2) is 15.0 Å². The predicted octanol–water partition coefficient (Wildman–Crippen LogP) is 5.15. The van der Waals surface area contributed by atoms with Gasteiger partial charge in [0, 0.05) is 35.8 Å². The van der Waals surface area contributed by atoms with E-state index in [1.165, 1.54) is 0 Å². The minimum Gasteiger partial charge on any atom is -0.481 e. The first-order valence-electron chi connectivity index (χ1n) is 10.7. The second kappa shape index (κ2) is 8.44. The molecule has 4 heterocycles. The largest absolute Gasteiger partial charge is 0.481 e. The highest BCUT2D eigenvalue weighted by atomic mass is 35.5. The highest BCUT2D eigenvalue weighted by Gasteiger charge is 2.38. The van der Waals surface area contributed by atoms with Crippen molar-refractivity contribution in [1.29, 1.82) is 0 Å². The van der Waals surface area contributed by atoms with Crippen LogP contribution in [0.15, 0.2) is 48.9 Å². The van der Waals surface area contributed by atoms with Crippen LogP contribution < -0.4 is 4.74 Å². The Morgan fingerprint density at radius 2 is 1.85 bits per heavy atom. The molecule has 8 nitrogen and oxygen atoms in total. The highest BCUT2D eigenvalue weighted by Crippen LogP contribution is 2.37. The normalized spacial score (nSPS) is 20.6. The summed E-state index contributed by atoms with van der Waals surface area (Å²) < 4.78 is 5.98. The molecule has 5 rings (SSSR count). The molecule has 33 heavy (non-hydrogen) atoms. The average molecular weight is 464 g/mol. The number of fused-ring (bicyclic) bond motifs is 1. The van der Waals surface area contributed by atoms with Gasteiger partial charge in [-0.3, -0.25) is 9.78 Å². The molecule has 9 heteroatoms. The van der Waals surface area contributed by atoms with Crippen molar-refractivity contribution in [3.8, 4) is 28.5 Å². The van der Waals surface area contributed by atoms with Crippen LogP contribution in [0.1, 0.15) is 32.6 Å². The van der Waals surface area contributed by atoms with Crippen molar-refractivity contribution in [1.82, 2.24) is 24.9 Å². The molecule has 1 aliphatic carbocycles. The van der Waals surface area contributed by atoms with Crippen LogP contribution in [0.2, 0.25) is 5.02 Å². The lowest BCUT2D eigenvalue weighted by Crippen LogP contribution is -2.36. The topological polar surface area (TPSA) is 114 Å². The summed E-state index contributed by atoms with van der Waals surface area (Å²) in [5.41, 5.74) is 3.21. The minimum absolute atomic E-state index is 0.0126. The van der Waals surface area contributed by atoms with E-state index in [9.17, 15) is 9.90 Å². The standard InChI is InChI=1S/C24H22ClN5O3/c1-24(23(31)32)8-6-17(7-9-24)33-20-5-3-14(11-27-20)18-4-2-15(12-26-18)21-29-19-10-16(25)13-28-22(19)30-21/h2-5,10-13,17H,6-9H2,1H3,(H,31,32)(H,28,29,30)/t17-,24-. The van der Waals surface area contributed by atoms with Gasteiger partial charge >= 0.3 is 5.97 Å². The second-order valence-corrected chi connectivity index (χ2v) is 9.05. The SMILES string of the molecule is C[C@]1(C(=O)O)CC[C@H](Oc2ccc(-c3ccc(-c4nc5ncc(Cl)cc5[nH]4)cn3)cn2)CC1. The fourth-order valence-corrected chi connectivity index (χ4v) is 4.21. The molecule has 1 fully saturated rings. The quantitative estimate of drug-likeness (QED) is 0.420. The number of imidazole rings is 1. The number of carbonyl (C=O) groups is 1. The van der Waals surface area contributed by atoms with E-state index in [2.05, 4.69) is 24.9 Å². The van der Waals surface area contributed by atoms with Crippen LogP contribution >= 0.6 is 11.6 Å². The number of H-pyrrole nitrogens is 1. The van der Waals surface area contributed by atoms with Crippen molar-refractivity contribution in [2.45, 2.75) is 38.7 Å². The fourth-order valence-electron chi connectivity index (χ4n) is 4.05. The third-order valence-corrected chi connectivity index (χ3v) is 6.42. The number of ether oxygens (including phenoxy) is 1. The van der Waals surface area contributed by atoms with Gasteiger partial charge < -0.3 is 14.8 Å². The van der Waals surface area contributed by atoms with E-state index in [4.69, 9.17) is 16.3 Å². The summed E-state index contributed by atoms with van der Waals surface area (Å²) in [6.45, 7) is 1.80. The summed E-state index contributed by atoms with van der Waals surface area (Å²) >= 11 is 5.99. The van der Waals surface area contributed by atoms with Crippen LogP contribution in [0.4, 0.5) is 0 Å². The Morgan fingerprint density at radius 1 is 1.09 bits per heavy atom. The Balaban J connectivity index is 1.25. The number of aromatic nitrogens is 5. The van der Waals surface area contributed by atoms with Gasteiger partial charge in [0.2, 0.25) is 5.88 Å². The number of nitrogens with zero attached hydrogens (tertiary/aromatic N) is 4. The maximum atomic E-state index is 11.4. The average Bonchev–Trinajstić information content (AvgIpc) is 3.24. The zero-order valence-corrected chi connectivity index (χ0v) is 18.7. The van der Waals surface area contributed by atoms with Crippen molar-refractivity contribution in [2.24, 2.45) is 5.41 Å². The molecule has 1 aliphatic rings. The number of aliphatic carboxylic acids is 1. The molecule has 4 aromatic rings. The number of pyridine rings is 3. The zero-order chi connectivity index (χ0) is 23.0. The second-order valence-electron chi connectivity index (χ2n) is 8.61. The van der Waals surface area contributed by atoms with Crippen LogP contribution in [0.3, 0.4) is 0 Å². The number of halogens is 1. The Labute approximate surface area is 195 Å². The predicted molar refractivity (Wildman–Crippen MR) is 124 cm³/mol. The van der Waals surface area contributed by atoms with Gasteiger partial charge in [0.15, 0.2) is 5.65 Å². The highest BCUT2D eigenvalue weighted by molar-refractivity contribution is 6.31. The third kappa shape index (κ3) is 4.39. The minimum atomic E-state index is -0.733. The van der Waals surface area contributed by atoms with E-state index >= 15 is 0 Å². The lowest BCUT2D eigenvalue weighted by molar-refractivity contribution is -0.150. The number of carboxylic acid groups (broad SMARTS) is 1. The number of nitrogens with one attached hydrogen (secondary N) is 1. The Kier molecular flexibility index (Phi) is 5.46. The molecule has 0 amide bonds. The number of hydrogen-bond acceptors (Lipinski definition) is 6. The van der Waals surface area contributed by atoms with Crippen LogP contribution in [-0.2, 0) is 4.79 Å². The maximum Gasteiger partial charge on any atom is 0.309 e. The van der Waals surface area contributed by atoms with E-state index < -0.39 is 11.4 Å². The molecule has 2 N–H and O–H groups in total. The maximum absolute atomic E-state index is 11.4. The number of carboxylic acids is 1. The number of rotatable bonds is 5. The van der Waals surface area contributed by atoms with Crippen LogP contribution in [0.5, 0.6) is 5.88 Å². The van der Waals surface area contributed by atoms with Crippen molar-refractivity contribution < 1.29 is 14.6 Å². The van der Waals surface area contributed by atoms with Crippen LogP contribution in [-0.4, -0.2) is 42.1 Å². The Morgan fingerprint density at radius 3 is 2.52 bits per heavy atom. The van der Waals surface area contributed by atoms with Gasteiger partial charge in [-0.2, -0.15) is 0 Å². The Hall–Kier alpha value is -3.52. The van der Waals surface area contributed by atoms with E-state index in [-0.39, 0.29) is 6.10 Å². The lowest BCUT2D eigenvalue weighted by atomic mass is 9.75. The van der Waals surface area contributed by atoms with Gasteiger partial charge in [0.25, 0.3) is 0 Å². The van der Waals surface area contributed by atoms with Gasteiger partial charge in [0.05, 0.1) is 21.6 Å². The molecular formula is C24H22ClN5O3. The first-order valence-corrected chi connectivity index (χ1v) is 11.1. The summed E-state index contributed by atoms with van der Waals surface area (Å²) in [4.78, 5) is 32.3. The molecule has 0 bridgehead atoms. The fraction of sp³-hybridized carbons (Fsp3) is 0.292. The van der Waals surface area contributed by atoms with Crippen molar-refractivity contribution >= 4 is 28.7 Å². The smallest absolute Gasteiger partial charge is 0.309 e. The molecule has 1 saturated carbocycles. The molecule has 0 unspecified atom stereocenters. The molecule has 0 radical (unpaired) electrons. The summed E-state index contributed by atoms with van der Waals surface area (Å²) in [5, 5.41) is 9.91. The number of aromatic amines is 1. The number of hydrogen-bond donors (Lipinski definition) is 2. The third-order valence-electron chi connectivity index (χ3n) is 6.21.